The molecule has 0 saturated heterocycles. The molecule has 0 amide bonds. The number of carboxylic acids is 1. The summed E-state index contributed by atoms with van der Waals surface area (Å²) in [6, 6.07) is 9.18. The summed E-state index contributed by atoms with van der Waals surface area (Å²) < 4.78 is 32.7. The Balaban J connectivity index is -0.000000709. The highest BCUT2D eigenvalue weighted by atomic mass is 16.7. The van der Waals surface area contributed by atoms with Crippen LogP contribution in [-0.2, 0) is 38.0 Å². The minimum absolute atomic E-state index is 0.0544. The number of hydrogen-bond acceptors (Lipinski definition) is 13. The predicted molar refractivity (Wildman–Crippen MR) is 230 cm³/mol. The Labute approximate surface area is 350 Å². The lowest BCUT2D eigenvalue weighted by molar-refractivity contribution is -0.175. The number of carboxylic acid groups (broad SMARTS) is 1. The minimum Gasteiger partial charge on any atom is -0.476 e. The molecular formula is C42H70N6O11. The van der Waals surface area contributed by atoms with Crippen molar-refractivity contribution in [3.8, 4) is 0 Å². The predicted octanol–water partition coefficient (Wildman–Crippen LogP) is 6.98. The summed E-state index contributed by atoms with van der Waals surface area (Å²) in [5.74, 6) is -1.97. The number of nitrogens with one attached hydrogen (secondary N) is 2. The quantitative estimate of drug-likeness (QED) is 0.0344. The van der Waals surface area contributed by atoms with Crippen molar-refractivity contribution in [2.45, 2.75) is 108 Å². The van der Waals surface area contributed by atoms with E-state index < -0.39 is 42.6 Å². The van der Waals surface area contributed by atoms with Gasteiger partial charge in [-0.15, -0.1) is 0 Å². The first-order valence-corrected chi connectivity index (χ1v) is 20.1. The number of aromatic amines is 2. The Bertz CT molecular complexity index is 1580. The summed E-state index contributed by atoms with van der Waals surface area (Å²) in [6.07, 6.45) is 9.18. The molecule has 0 radical (unpaired) electrons. The Morgan fingerprint density at radius 3 is 1.66 bits per heavy atom. The number of aromatic carboxylic acids is 1. The number of hydrogen-bond donors (Lipinski definition) is 4. The maximum absolute atomic E-state index is 12.0. The van der Waals surface area contributed by atoms with Gasteiger partial charge in [-0.25, -0.2) is 14.6 Å². The van der Waals surface area contributed by atoms with E-state index in [2.05, 4.69) is 19.9 Å². The van der Waals surface area contributed by atoms with E-state index in [9.17, 15) is 19.2 Å². The van der Waals surface area contributed by atoms with E-state index in [1.54, 1.807) is 55.2 Å². The van der Waals surface area contributed by atoms with Crippen LogP contribution in [0.25, 0.3) is 5.52 Å². The van der Waals surface area contributed by atoms with Crippen LogP contribution in [0.2, 0.25) is 0 Å². The van der Waals surface area contributed by atoms with Gasteiger partial charge >= 0.3 is 17.9 Å². The molecular weight excluding hydrogens is 764 g/mol. The minimum atomic E-state index is -1.01. The van der Waals surface area contributed by atoms with Gasteiger partial charge in [0.25, 0.3) is 0 Å². The number of aliphatic imine (C=N–C) groups is 1. The van der Waals surface area contributed by atoms with Crippen molar-refractivity contribution in [2.75, 3.05) is 39.6 Å². The first kappa shape index (κ1) is 58.1. The second kappa shape index (κ2) is 39.6. The molecule has 4 aromatic heterocycles. The molecule has 334 valence electrons. The Morgan fingerprint density at radius 1 is 0.746 bits per heavy atom. The topological polar surface area (TPSA) is 231 Å². The number of carbonyl (C=O) groups is 4. The molecule has 0 aliphatic heterocycles. The average Bonchev–Trinajstić information content (AvgIpc) is 4.08. The van der Waals surface area contributed by atoms with Crippen LogP contribution in [0.3, 0.4) is 0 Å². The number of carbonyl (C=O) groups excluding carboxylic acids is 3. The number of rotatable bonds is 18. The first-order chi connectivity index (χ1) is 28.6. The lowest BCUT2D eigenvalue weighted by Gasteiger charge is -2.22. The molecule has 0 aromatic carbocycles. The maximum atomic E-state index is 12.0. The third kappa shape index (κ3) is 25.7. The highest BCUT2D eigenvalue weighted by Gasteiger charge is 2.30. The average molecular weight is 835 g/mol. The van der Waals surface area contributed by atoms with Crippen LogP contribution >= 0.6 is 0 Å². The molecule has 0 spiro atoms. The fourth-order valence-corrected chi connectivity index (χ4v) is 4.01. The molecule has 5 N–H and O–H groups in total. The molecule has 4 rings (SSSR count). The summed E-state index contributed by atoms with van der Waals surface area (Å²) >= 11 is 0. The summed E-state index contributed by atoms with van der Waals surface area (Å²) in [7, 11) is 0. The van der Waals surface area contributed by atoms with Crippen molar-refractivity contribution < 1.29 is 52.7 Å². The van der Waals surface area contributed by atoms with Crippen LogP contribution in [0.15, 0.2) is 72.4 Å². The van der Waals surface area contributed by atoms with E-state index in [0.717, 1.165) is 17.5 Å². The largest absolute Gasteiger partial charge is 0.476 e. The lowest BCUT2D eigenvalue weighted by Crippen LogP contribution is -2.46. The monoisotopic (exact) mass is 835 g/mol. The summed E-state index contributed by atoms with van der Waals surface area (Å²) in [5.41, 5.74) is 7.96. The van der Waals surface area contributed by atoms with Gasteiger partial charge in [0.1, 0.15) is 0 Å². The number of ether oxygens (including phenoxy) is 6. The van der Waals surface area contributed by atoms with Gasteiger partial charge in [0.15, 0.2) is 36.6 Å². The number of nitrogens with zero attached hydrogens (tertiary/aromatic N) is 3. The number of H-pyrrole nitrogens is 2. The molecule has 4 heterocycles. The van der Waals surface area contributed by atoms with Crippen molar-refractivity contribution >= 4 is 35.9 Å². The first-order valence-electron chi connectivity index (χ1n) is 20.1. The van der Waals surface area contributed by atoms with Crippen LogP contribution in [-0.4, -0.2) is 119 Å². The van der Waals surface area contributed by atoms with Crippen LogP contribution in [0.1, 0.15) is 110 Å². The van der Waals surface area contributed by atoms with Crippen molar-refractivity contribution in [2.24, 2.45) is 10.7 Å². The van der Waals surface area contributed by atoms with E-state index in [-0.39, 0.29) is 5.69 Å². The Hall–Kier alpha value is -5.20. The van der Waals surface area contributed by atoms with Crippen molar-refractivity contribution in [3.05, 3.63) is 84.5 Å². The molecule has 17 nitrogen and oxygen atoms in total. The highest BCUT2D eigenvalue weighted by molar-refractivity contribution is 5.85. The number of fused-ring (bicyclic) bond motifs is 1. The molecule has 0 fully saturated rings. The normalized spacial score (nSPS) is 10.9. The van der Waals surface area contributed by atoms with Crippen LogP contribution in [0.4, 0.5) is 0 Å². The van der Waals surface area contributed by atoms with Crippen LogP contribution in [0, 0.1) is 0 Å². The smallest absolute Gasteiger partial charge is 0.356 e. The number of nitrogens with two attached hydrogens (primary N) is 1. The highest BCUT2D eigenvalue weighted by Crippen LogP contribution is 2.10. The number of aldehydes is 1. The molecule has 0 aliphatic carbocycles. The standard InChI is InChI=1S/C14H22N2O4.C9H19NO4.C8H6N2O2.C5H5NO.3C2H6/c1-4-18-13(17)12(14(19-5-2)20-6-3)16-10-11-8-7-9-15-11;1-4-12-8(11)7(10)9(13-5-2)14-6-3;11-8(12)7-5-10-3-1-2-6(10)4-9-7;7-4-5-2-1-3-6-5;3*1-2/h7-10,12,14-15H,4-6H2,1-3H3;7,9H,4-6,10H2,1-3H3;1-5H,(H,11,12);1-4,6H;3*1-2H3. The molecule has 17 heteroatoms. The van der Waals surface area contributed by atoms with Gasteiger partial charge in [0.05, 0.1) is 36.3 Å². The number of esters is 2. The van der Waals surface area contributed by atoms with E-state index in [4.69, 9.17) is 39.3 Å². The van der Waals surface area contributed by atoms with Crippen molar-refractivity contribution in [1.82, 2.24) is 19.4 Å². The van der Waals surface area contributed by atoms with Gasteiger partial charge in [-0.3, -0.25) is 14.6 Å². The van der Waals surface area contributed by atoms with Gasteiger partial charge in [-0.1, -0.05) is 41.5 Å². The lowest BCUT2D eigenvalue weighted by atomic mass is 10.3. The van der Waals surface area contributed by atoms with E-state index in [0.29, 0.717) is 45.3 Å². The zero-order chi connectivity index (χ0) is 45.4. The zero-order valence-electron chi connectivity index (χ0n) is 37.0. The van der Waals surface area contributed by atoms with E-state index in [1.165, 1.54) is 12.4 Å². The molecule has 2 unspecified atom stereocenters. The van der Waals surface area contributed by atoms with Gasteiger partial charge in [-0.05, 0) is 77.9 Å². The Morgan fingerprint density at radius 2 is 1.24 bits per heavy atom. The molecule has 0 bridgehead atoms. The fraction of sp³-hybridized carbons (Fsp3) is 0.524. The molecule has 4 aromatic rings. The van der Waals surface area contributed by atoms with Gasteiger partial charge in [0.2, 0.25) is 0 Å². The van der Waals surface area contributed by atoms with Crippen LogP contribution in [0.5, 0.6) is 0 Å². The third-order valence-electron chi connectivity index (χ3n) is 6.33. The molecule has 2 atom stereocenters. The molecule has 0 aliphatic rings. The van der Waals surface area contributed by atoms with Gasteiger partial charge < -0.3 is 53.6 Å². The number of aromatic nitrogens is 4. The molecule has 0 saturated carbocycles. The summed E-state index contributed by atoms with van der Waals surface area (Å²) in [6.45, 7) is 25.1. The summed E-state index contributed by atoms with van der Waals surface area (Å²) in [5, 5.41) is 8.61. The maximum Gasteiger partial charge on any atom is 0.356 e. The van der Waals surface area contributed by atoms with E-state index in [1.807, 2.05) is 93.5 Å². The van der Waals surface area contributed by atoms with E-state index >= 15 is 0 Å². The SMILES string of the molecule is CC.CC.CC.CCOC(=O)C(N)C(OCC)OCC.CCOC(=O)C(N=Cc1ccc[nH]1)C(OCC)OCC.O=C(O)c1cn2cccc2cn1.O=Cc1ccc[nH]1. The van der Waals surface area contributed by atoms with Crippen molar-refractivity contribution in [3.63, 3.8) is 0 Å². The molecule has 59 heavy (non-hydrogen) atoms. The second-order valence-electron chi connectivity index (χ2n) is 10.1. The second-order valence-corrected chi connectivity index (χ2v) is 10.1. The van der Waals surface area contributed by atoms with Gasteiger partial charge in [0, 0.05) is 57.4 Å². The van der Waals surface area contributed by atoms with Crippen LogP contribution < -0.4 is 5.73 Å². The zero-order valence-corrected chi connectivity index (χ0v) is 37.0. The summed E-state index contributed by atoms with van der Waals surface area (Å²) in [4.78, 5) is 57.2. The fourth-order valence-electron chi connectivity index (χ4n) is 4.01. The van der Waals surface area contributed by atoms with Gasteiger partial charge in [-0.2, -0.15) is 0 Å². The Kier molecular flexibility index (Phi) is 39.0. The van der Waals surface area contributed by atoms with Crippen molar-refractivity contribution in [1.29, 1.82) is 0 Å². The third-order valence-corrected chi connectivity index (χ3v) is 6.33.